The third kappa shape index (κ3) is 4.43. The molecule has 1 heterocycles. The molecule has 0 aliphatic heterocycles. The summed E-state index contributed by atoms with van der Waals surface area (Å²) in [4.78, 5) is 26.8. The van der Waals surface area contributed by atoms with Crippen LogP contribution in [0.4, 0.5) is 10.1 Å². The molecule has 7 heteroatoms. The van der Waals surface area contributed by atoms with E-state index in [2.05, 4.69) is 5.10 Å². The van der Waals surface area contributed by atoms with E-state index < -0.39 is 29.3 Å². The van der Waals surface area contributed by atoms with Gasteiger partial charge in [-0.1, -0.05) is 0 Å². The fourth-order valence-electron chi connectivity index (χ4n) is 2.32. The summed E-state index contributed by atoms with van der Waals surface area (Å²) in [5, 5.41) is 3.98. The first kappa shape index (κ1) is 18.6. The van der Waals surface area contributed by atoms with Crippen LogP contribution in [-0.4, -0.2) is 33.3 Å². The number of anilines is 1. The fourth-order valence-corrected chi connectivity index (χ4v) is 2.32. The Kier molecular flexibility index (Phi) is 5.25. The van der Waals surface area contributed by atoms with E-state index in [-0.39, 0.29) is 0 Å². The van der Waals surface area contributed by atoms with Crippen LogP contribution in [0.5, 0.6) is 0 Å². The normalized spacial score (nSPS) is 12.6. The number of hydrogen-bond acceptors (Lipinski definition) is 4. The predicted molar refractivity (Wildman–Crippen MR) is 91.7 cm³/mol. The molecule has 0 saturated carbocycles. The maximum absolute atomic E-state index is 13.3. The summed E-state index contributed by atoms with van der Waals surface area (Å²) in [7, 11) is 1.63. The van der Waals surface area contributed by atoms with Crippen LogP contribution in [-0.2, 0) is 16.6 Å². The first-order valence-electron chi connectivity index (χ1n) is 7.90. The Bertz CT molecular complexity index is 763. The van der Waals surface area contributed by atoms with Gasteiger partial charge in [0.2, 0.25) is 0 Å². The largest absolute Gasteiger partial charge is 0.458 e. The van der Waals surface area contributed by atoms with E-state index in [9.17, 15) is 14.0 Å². The van der Waals surface area contributed by atoms with Crippen molar-refractivity contribution >= 4 is 17.6 Å². The number of aromatic nitrogens is 2. The smallest absolute Gasteiger partial charge is 0.329 e. The third-order valence-electron chi connectivity index (χ3n) is 3.50. The lowest BCUT2D eigenvalue weighted by Gasteiger charge is -2.30. The molecule has 2 aromatic rings. The Labute approximate surface area is 146 Å². The van der Waals surface area contributed by atoms with Crippen molar-refractivity contribution in [2.45, 2.75) is 39.3 Å². The van der Waals surface area contributed by atoms with Crippen molar-refractivity contribution < 1.29 is 18.7 Å². The number of esters is 1. The number of nitrogens with zero attached hydrogens (tertiary/aromatic N) is 3. The summed E-state index contributed by atoms with van der Waals surface area (Å²) in [6, 6.07) is 6.03. The van der Waals surface area contributed by atoms with Gasteiger partial charge in [0.1, 0.15) is 23.2 Å². The fraction of sp³-hybridized carbons (Fsp3) is 0.389. The van der Waals surface area contributed by atoms with Crippen LogP contribution in [0.25, 0.3) is 0 Å². The van der Waals surface area contributed by atoms with Crippen LogP contribution >= 0.6 is 0 Å². The molecular formula is C18H22FN3O3. The number of carbonyl (C=O) groups is 2. The number of hydrogen-bond donors (Lipinski definition) is 0. The highest BCUT2D eigenvalue weighted by atomic mass is 19.1. The number of aryl methyl sites for hydroxylation is 1. The Morgan fingerprint density at radius 3 is 2.28 bits per heavy atom. The number of carbonyl (C=O) groups excluding carboxylic acids is 2. The first-order valence-corrected chi connectivity index (χ1v) is 7.90. The van der Waals surface area contributed by atoms with Gasteiger partial charge in [-0.05, 0) is 58.0 Å². The van der Waals surface area contributed by atoms with Gasteiger partial charge in [0.05, 0.1) is 0 Å². The summed E-state index contributed by atoms with van der Waals surface area (Å²) < 4.78 is 20.1. The summed E-state index contributed by atoms with van der Waals surface area (Å²) in [6.07, 6.45) is 1.49. The highest BCUT2D eigenvalue weighted by molar-refractivity contribution is 6.08. The van der Waals surface area contributed by atoms with E-state index in [1.807, 2.05) is 0 Å². The van der Waals surface area contributed by atoms with Gasteiger partial charge in [0.15, 0.2) is 0 Å². The van der Waals surface area contributed by atoms with Gasteiger partial charge in [-0.3, -0.25) is 14.4 Å². The van der Waals surface area contributed by atoms with E-state index in [1.54, 1.807) is 40.8 Å². The molecule has 1 aromatic carbocycles. The lowest BCUT2D eigenvalue weighted by molar-refractivity contribution is -0.155. The molecule has 0 aliphatic rings. The molecule has 0 radical (unpaired) electrons. The number of benzene rings is 1. The Morgan fingerprint density at radius 2 is 1.80 bits per heavy atom. The minimum absolute atomic E-state index is 0.305. The third-order valence-corrected chi connectivity index (χ3v) is 3.50. The average Bonchev–Trinajstić information content (AvgIpc) is 2.93. The van der Waals surface area contributed by atoms with Crippen LogP contribution in [0.1, 0.15) is 38.2 Å². The minimum atomic E-state index is -0.896. The monoisotopic (exact) mass is 347 g/mol. The second-order valence-corrected chi connectivity index (χ2v) is 6.70. The van der Waals surface area contributed by atoms with E-state index in [1.165, 1.54) is 40.0 Å². The van der Waals surface area contributed by atoms with Gasteiger partial charge < -0.3 is 4.74 Å². The van der Waals surface area contributed by atoms with E-state index in [0.717, 1.165) is 0 Å². The average molecular weight is 347 g/mol. The molecule has 25 heavy (non-hydrogen) atoms. The molecule has 0 saturated heterocycles. The van der Waals surface area contributed by atoms with Gasteiger partial charge in [-0.2, -0.15) is 5.10 Å². The van der Waals surface area contributed by atoms with Crippen LogP contribution in [0, 0.1) is 5.82 Å². The van der Waals surface area contributed by atoms with E-state index in [0.29, 0.717) is 11.4 Å². The van der Waals surface area contributed by atoms with Crippen molar-refractivity contribution in [2.75, 3.05) is 4.90 Å². The van der Waals surface area contributed by atoms with Crippen molar-refractivity contribution in [2.24, 2.45) is 7.05 Å². The predicted octanol–water partition coefficient (Wildman–Crippen LogP) is 2.94. The quantitative estimate of drug-likeness (QED) is 0.798. The van der Waals surface area contributed by atoms with Gasteiger partial charge in [0.25, 0.3) is 5.91 Å². The lowest BCUT2D eigenvalue weighted by Crippen LogP contribution is -2.46. The molecule has 0 aliphatic carbocycles. The minimum Gasteiger partial charge on any atom is -0.458 e. The number of rotatable bonds is 4. The topological polar surface area (TPSA) is 64.4 Å². The Morgan fingerprint density at radius 1 is 1.20 bits per heavy atom. The first-order chi connectivity index (χ1) is 11.6. The summed E-state index contributed by atoms with van der Waals surface area (Å²) >= 11 is 0. The van der Waals surface area contributed by atoms with Crippen molar-refractivity contribution in [1.82, 2.24) is 9.78 Å². The summed E-state index contributed by atoms with van der Waals surface area (Å²) in [6.45, 7) is 6.83. The molecule has 0 fully saturated rings. The van der Waals surface area contributed by atoms with Crippen molar-refractivity contribution in [3.05, 3.63) is 48.0 Å². The molecular weight excluding hydrogens is 325 g/mol. The van der Waals surface area contributed by atoms with E-state index in [4.69, 9.17) is 4.74 Å². The van der Waals surface area contributed by atoms with E-state index >= 15 is 0 Å². The maximum Gasteiger partial charge on any atom is 0.329 e. The van der Waals surface area contributed by atoms with Crippen LogP contribution in [0.2, 0.25) is 0 Å². The second kappa shape index (κ2) is 7.04. The molecule has 1 atom stereocenters. The molecule has 1 aromatic heterocycles. The van der Waals surface area contributed by atoms with Crippen LogP contribution in [0.3, 0.4) is 0 Å². The number of ether oxygens (including phenoxy) is 1. The highest BCUT2D eigenvalue weighted by Gasteiger charge is 2.32. The van der Waals surface area contributed by atoms with Gasteiger partial charge in [0, 0.05) is 18.9 Å². The molecule has 0 bridgehead atoms. The molecule has 0 N–H and O–H groups in total. The van der Waals surface area contributed by atoms with Crippen molar-refractivity contribution in [1.29, 1.82) is 0 Å². The molecule has 2 rings (SSSR count). The van der Waals surface area contributed by atoms with Gasteiger partial charge in [-0.15, -0.1) is 0 Å². The second-order valence-electron chi connectivity index (χ2n) is 6.70. The van der Waals surface area contributed by atoms with Crippen LogP contribution < -0.4 is 4.90 Å². The van der Waals surface area contributed by atoms with Crippen molar-refractivity contribution in [3.8, 4) is 0 Å². The SMILES string of the molecule is CC(C(=O)OC(C)(C)C)N(C(=O)c1ccnn1C)c1ccc(F)cc1. The standard InChI is InChI=1S/C18H22FN3O3/c1-12(17(24)25-18(2,3)4)22(14-8-6-13(19)7-9-14)16(23)15-10-11-20-21(15)5/h6-12H,1-5H3. The molecule has 134 valence electrons. The zero-order valence-electron chi connectivity index (χ0n) is 15.0. The molecule has 6 nitrogen and oxygen atoms in total. The number of halogens is 1. The molecule has 1 amide bonds. The maximum atomic E-state index is 13.3. The van der Waals surface area contributed by atoms with Crippen molar-refractivity contribution in [3.63, 3.8) is 0 Å². The Balaban J connectivity index is 2.42. The summed E-state index contributed by atoms with van der Waals surface area (Å²) in [5.74, 6) is -1.40. The zero-order chi connectivity index (χ0) is 18.8. The van der Waals surface area contributed by atoms with Crippen LogP contribution in [0.15, 0.2) is 36.5 Å². The lowest BCUT2D eigenvalue weighted by atomic mass is 10.1. The summed E-state index contributed by atoms with van der Waals surface area (Å²) in [5.41, 5.74) is 0.0146. The van der Waals surface area contributed by atoms with Gasteiger partial charge in [-0.25, -0.2) is 9.18 Å². The molecule has 0 spiro atoms. The zero-order valence-corrected chi connectivity index (χ0v) is 15.0. The number of amides is 1. The Hall–Kier alpha value is -2.70. The van der Waals surface area contributed by atoms with Gasteiger partial charge >= 0.3 is 5.97 Å². The highest BCUT2D eigenvalue weighted by Crippen LogP contribution is 2.22. The molecule has 1 unspecified atom stereocenters.